The van der Waals surface area contributed by atoms with Crippen LogP contribution in [0, 0.1) is 17.1 Å². The second kappa shape index (κ2) is 2.85. The summed E-state index contributed by atoms with van der Waals surface area (Å²) < 4.78 is 12.6. The summed E-state index contributed by atoms with van der Waals surface area (Å²) in [6, 6.07) is 8.70. The fourth-order valence-corrected chi connectivity index (χ4v) is 1.67. The zero-order valence-electron chi connectivity index (χ0n) is 7.26. The van der Waals surface area contributed by atoms with Gasteiger partial charge in [0.15, 0.2) is 0 Å². The highest BCUT2D eigenvalue weighted by Gasteiger charge is 2.43. The molecule has 0 bridgehead atoms. The van der Waals surface area contributed by atoms with Crippen molar-refractivity contribution in [1.29, 1.82) is 5.26 Å². The van der Waals surface area contributed by atoms with Crippen LogP contribution in [0.2, 0.25) is 0 Å². The largest absolute Gasteiger partial charge is 0.207 e. The van der Waals surface area contributed by atoms with Crippen LogP contribution in [0.15, 0.2) is 24.3 Å². The van der Waals surface area contributed by atoms with Gasteiger partial charge in [0.05, 0.1) is 6.07 Å². The molecular formula is C11H10FN. The van der Waals surface area contributed by atoms with E-state index in [0.29, 0.717) is 6.42 Å². The Bertz CT molecular complexity index is 343. The van der Waals surface area contributed by atoms with Gasteiger partial charge in [0.2, 0.25) is 0 Å². The normalized spacial score (nSPS) is 17.8. The van der Waals surface area contributed by atoms with Gasteiger partial charge < -0.3 is 0 Å². The first-order valence-electron chi connectivity index (χ1n) is 4.40. The summed E-state index contributed by atoms with van der Waals surface area (Å²) in [5, 5.41) is 8.63. The fourth-order valence-electron chi connectivity index (χ4n) is 1.67. The number of nitriles is 1. The first-order chi connectivity index (χ1) is 6.27. The molecule has 0 N–H and O–H groups in total. The standard InChI is InChI=1S/C11H10FN/c12-10-3-1-9(2-4-10)11(5-6-11)7-8-13/h1-4H,5-7H2. The Morgan fingerprint density at radius 2 is 1.92 bits per heavy atom. The third kappa shape index (κ3) is 1.42. The summed E-state index contributed by atoms with van der Waals surface area (Å²) in [5.74, 6) is -0.212. The van der Waals surface area contributed by atoms with Gasteiger partial charge in [-0.2, -0.15) is 5.26 Å². The summed E-state index contributed by atoms with van der Waals surface area (Å²) >= 11 is 0. The average molecular weight is 175 g/mol. The van der Waals surface area contributed by atoms with Crippen molar-refractivity contribution in [3.05, 3.63) is 35.6 Å². The van der Waals surface area contributed by atoms with Gasteiger partial charge in [0.1, 0.15) is 5.82 Å². The predicted molar refractivity (Wildman–Crippen MR) is 47.5 cm³/mol. The Morgan fingerprint density at radius 1 is 1.31 bits per heavy atom. The third-order valence-electron chi connectivity index (χ3n) is 2.73. The molecule has 2 heteroatoms. The lowest BCUT2D eigenvalue weighted by molar-refractivity contribution is 0.623. The van der Waals surface area contributed by atoms with Crippen LogP contribution in [0.3, 0.4) is 0 Å². The van der Waals surface area contributed by atoms with Crippen molar-refractivity contribution in [2.75, 3.05) is 0 Å². The van der Waals surface area contributed by atoms with Crippen LogP contribution in [-0.2, 0) is 5.41 Å². The van der Waals surface area contributed by atoms with E-state index in [4.69, 9.17) is 5.26 Å². The Balaban J connectivity index is 2.26. The minimum absolute atomic E-state index is 0.0580. The molecule has 2 rings (SSSR count). The molecule has 0 spiro atoms. The predicted octanol–water partition coefficient (Wildman–Crippen LogP) is 2.77. The second-order valence-corrected chi connectivity index (χ2v) is 3.62. The van der Waals surface area contributed by atoms with Crippen LogP contribution in [-0.4, -0.2) is 0 Å². The Morgan fingerprint density at radius 3 is 2.38 bits per heavy atom. The third-order valence-corrected chi connectivity index (χ3v) is 2.73. The van der Waals surface area contributed by atoms with Crippen LogP contribution in [0.25, 0.3) is 0 Å². The van der Waals surface area contributed by atoms with Crippen molar-refractivity contribution in [3.8, 4) is 6.07 Å². The summed E-state index contributed by atoms with van der Waals surface area (Å²) in [4.78, 5) is 0. The molecular weight excluding hydrogens is 165 g/mol. The van der Waals surface area contributed by atoms with Gasteiger partial charge in [0, 0.05) is 11.8 Å². The first-order valence-corrected chi connectivity index (χ1v) is 4.40. The molecule has 1 nitrogen and oxygen atoms in total. The number of rotatable bonds is 2. The lowest BCUT2D eigenvalue weighted by atomic mass is 9.93. The van der Waals surface area contributed by atoms with Crippen LogP contribution >= 0.6 is 0 Å². The maximum Gasteiger partial charge on any atom is 0.123 e. The minimum atomic E-state index is -0.212. The van der Waals surface area contributed by atoms with E-state index in [1.807, 2.05) is 0 Å². The van der Waals surface area contributed by atoms with E-state index < -0.39 is 0 Å². The van der Waals surface area contributed by atoms with Crippen LogP contribution in [0.1, 0.15) is 24.8 Å². The van der Waals surface area contributed by atoms with Crippen LogP contribution in [0.4, 0.5) is 4.39 Å². The minimum Gasteiger partial charge on any atom is -0.207 e. The van der Waals surface area contributed by atoms with Crippen molar-refractivity contribution < 1.29 is 4.39 Å². The molecule has 1 aromatic carbocycles. The summed E-state index contributed by atoms with van der Waals surface area (Å²) in [5.41, 5.74) is 1.16. The quantitative estimate of drug-likeness (QED) is 0.678. The van der Waals surface area contributed by atoms with Gasteiger partial charge in [-0.1, -0.05) is 12.1 Å². The molecule has 0 radical (unpaired) electrons. The lowest BCUT2D eigenvalue weighted by Crippen LogP contribution is -2.04. The van der Waals surface area contributed by atoms with E-state index in [2.05, 4.69) is 6.07 Å². The highest BCUT2D eigenvalue weighted by Crippen LogP contribution is 2.50. The Kier molecular flexibility index (Phi) is 1.81. The molecule has 1 aliphatic rings. The molecule has 0 atom stereocenters. The van der Waals surface area contributed by atoms with E-state index in [9.17, 15) is 4.39 Å². The number of nitrogens with zero attached hydrogens (tertiary/aromatic N) is 1. The molecule has 1 saturated carbocycles. The molecule has 1 aromatic rings. The van der Waals surface area contributed by atoms with Crippen molar-refractivity contribution in [1.82, 2.24) is 0 Å². The molecule has 0 heterocycles. The van der Waals surface area contributed by atoms with E-state index in [0.717, 1.165) is 18.4 Å². The summed E-state index contributed by atoms with van der Waals surface area (Å²) in [7, 11) is 0. The molecule has 0 amide bonds. The number of hydrogen-bond donors (Lipinski definition) is 0. The molecule has 0 unspecified atom stereocenters. The number of benzene rings is 1. The fraction of sp³-hybridized carbons (Fsp3) is 0.364. The van der Waals surface area contributed by atoms with E-state index in [1.54, 1.807) is 12.1 Å². The Hall–Kier alpha value is -1.36. The van der Waals surface area contributed by atoms with E-state index in [-0.39, 0.29) is 11.2 Å². The van der Waals surface area contributed by atoms with Gasteiger partial charge >= 0.3 is 0 Å². The van der Waals surface area contributed by atoms with Gasteiger partial charge in [-0.3, -0.25) is 0 Å². The second-order valence-electron chi connectivity index (χ2n) is 3.62. The van der Waals surface area contributed by atoms with E-state index in [1.165, 1.54) is 12.1 Å². The average Bonchev–Trinajstić information content (AvgIpc) is 2.87. The maximum atomic E-state index is 12.6. The number of hydrogen-bond acceptors (Lipinski definition) is 1. The van der Waals surface area contributed by atoms with Crippen LogP contribution in [0.5, 0.6) is 0 Å². The molecule has 0 aromatic heterocycles. The molecule has 0 saturated heterocycles. The zero-order chi connectivity index (χ0) is 9.31. The van der Waals surface area contributed by atoms with Crippen molar-refractivity contribution in [2.24, 2.45) is 0 Å². The topological polar surface area (TPSA) is 23.8 Å². The molecule has 66 valence electrons. The smallest absolute Gasteiger partial charge is 0.123 e. The highest BCUT2D eigenvalue weighted by atomic mass is 19.1. The molecule has 0 aliphatic heterocycles. The van der Waals surface area contributed by atoms with Gasteiger partial charge in [-0.05, 0) is 30.5 Å². The van der Waals surface area contributed by atoms with Crippen molar-refractivity contribution >= 4 is 0 Å². The van der Waals surface area contributed by atoms with Crippen molar-refractivity contribution in [3.63, 3.8) is 0 Å². The first kappa shape index (κ1) is 8.25. The van der Waals surface area contributed by atoms with E-state index >= 15 is 0 Å². The van der Waals surface area contributed by atoms with Gasteiger partial charge in [-0.15, -0.1) is 0 Å². The zero-order valence-corrected chi connectivity index (χ0v) is 7.26. The number of halogens is 1. The highest BCUT2D eigenvalue weighted by molar-refractivity contribution is 5.32. The lowest BCUT2D eigenvalue weighted by Gasteiger charge is -2.10. The van der Waals surface area contributed by atoms with Crippen LogP contribution < -0.4 is 0 Å². The van der Waals surface area contributed by atoms with Gasteiger partial charge in [0.25, 0.3) is 0 Å². The summed E-state index contributed by atoms with van der Waals surface area (Å²) in [6.45, 7) is 0. The monoisotopic (exact) mass is 175 g/mol. The van der Waals surface area contributed by atoms with Crippen molar-refractivity contribution in [2.45, 2.75) is 24.7 Å². The summed E-state index contributed by atoms with van der Waals surface area (Å²) in [6.07, 6.45) is 2.68. The van der Waals surface area contributed by atoms with Gasteiger partial charge in [-0.25, -0.2) is 4.39 Å². The molecule has 1 fully saturated rings. The maximum absolute atomic E-state index is 12.6. The SMILES string of the molecule is N#CCC1(c2ccc(F)cc2)CC1. The Labute approximate surface area is 76.8 Å². The molecule has 13 heavy (non-hydrogen) atoms. The molecule has 1 aliphatic carbocycles.